The summed E-state index contributed by atoms with van der Waals surface area (Å²) in [5.74, 6) is 0.733. The van der Waals surface area contributed by atoms with E-state index in [0.717, 1.165) is 6.42 Å². The summed E-state index contributed by atoms with van der Waals surface area (Å²) in [6, 6.07) is 3.46. The van der Waals surface area contributed by atoms with Gasteiger partial charge in [-0.15, -0.1) is 0 Å². The summed E-state index contributed by atoms with van der Waals surface area (Å²) in [6.07, 6.45) is 1.44. The summed E-state index contributed by atoms with van der Waals surface area (Å²) >= 11 is 5.77. The van der Waals surface area contributed by atoms with Crippen molar-refractivity contribution in [3.05, 3.63) is 17.3 Å². The Labute approximate surface area is 98.4 Å². The van der Waals surface area contributed by atoms with Crippen LogP contribution >= 0.6 is 11.6 Å². The van der Waals surface area contributed by atoms with Crippen LogP contribution in [0.3, 0.4) is 0 Å². The van der Waals surface area contributed by atoms with Crippen LogP contribution < -0.4 is 16.4 Å². The molecule has 2 heterocycles. The number of amides is 1. The third-order valence-corrected chi connectivity index (χ3v) is 2.62. The number of pyridine rings is 1. The van der Waals surface area contributed by atoms with Crippen molar-refractivity contribution in [2.45, 2.75) is 18.9 Å². The van der Waals surface area contributed by atoms with Gasteiger partial charge in [-0.1, -0.05) is 11.6 Å². The zero-order chi connectivity index (χ0) is 11.5. The number of anilines is 2. The molecule has 0 spiro atoms. The first kappa shape index (κ1) is 11.0. The predicted molar refractivity (Wildman–Crippen MR) is 63.3 cm³/mol. The molecule has 1 aromatic rings. The number of halogens is 1. The van der Waals surface area contributed by atoms with E-state index in [1.807, 2.05) is 0 Å². The lowest BCUT2D eigenvalue weighted by atomic mass is 10.2. The number of carbonyl (C=O) groups is 1. The molecule has 0 saturated carbocycles. The molecule has 0 aliphatic carbocycles. The molecule has 1 aliphatic heterocycles. The summed E-state index contributed by atoms with van der Waals surface area (Å²) in [5.41, 5.74) is 6.20. The third-order valence-electron chi connectivity index (χ3n) is 2.43. The number of nitrogens with one attached hydrogen (secondary N) is 2. The Hall–Kier alpha value is -1.49. The number of hydrogen-bond donors (Lipinski definition) is 3. The SMILES string of the molecule is Nc1cc(Cl)nc(NCC2CCC(=O)N2)c1. The van der Waals surface area contributed by atoms with Crippen molar-refractivity contribution in [2.75, 3.05) is 17.6 Å². The molecule has 0 radical (unpaired) electrons. The molecular weight excluding hydrogens is 228 g/mol. The molecule has 1 amide bonds. The van der Waals surface area contributed by atoms with Gasteiger partial charge in [0.15, 0.2) is 0 Å². The number of aromatic nitrogens is 1. The van der Waals surface area contributed by atoms with Gasteiger partial charge in [-0.2, -0.15) is 0 Å². The fraction of sp³-hybridized carbons (Fsp3) is 0.400. The van der Waals surface area contributed by atoms with Gasteiger partial charge in [0, 0.05) is 30.8 Å². The lowest BCUT2D eigenvalue weighted by Gasteiger charge is -2.12. The zero-order valence-corrected chi connectivity index (χ0v) is 9.42. The number of hydrogen-bond acceptors (Lipinski definition) is 4. The highest BCUT2D eigenvalue weighted by atomic mass is 35.5. The molecule has 6 heteroatoms. The minimum atomic E-state index is 0.102. The van der Waals surface area contributed by atoms with Crippen LogP contribution in [0.25, 0.3) is 0 Å². The van der Waals surface area contributed by atoms with E-state index in [9.17, 15) is 4.79 Å². The maximum atomic E-state index is 11.0. The van der Waals surface area contributed by atoms with Crippen molar-refractivity contribution in [3.63, 3.8) is 0 Å². The van der Waals surface area contributed by atoms with Crippen LogP contribution in [0, 0.1) is 0 Å². The second-order valence-electron chi connectivity index (χ2n) is 3.79. The van der Waals surface area contributed by atoms with Crippen molar-refractivity contribution >= 4 is 29.0 Å². The molecule has 1 saturated heterocycles. The van der Waals surface area contributed by atoms with Crippen LogP contribution in [-0.2, 0) is 4.79 Å². The molecule has 5 nitrogen and oxygen atoms in total. The minimum Gasteiger partial charge on any atom is -0.399 e. The maximum Gasteiger partial charge on any atom is 0.220 e. The highest BCUT2D eigenvalue weighted by Crippen LogP contribution is 2.16. The first-order valence-corrected chi connectivity index (χ1v) is 5.47. The molecule has 4 N–H and O–H groups in total. The van der Waals surface area contributed by atoms with Gasteiger partial charge >= 0.3 is 0 Å². The average Bonchev–Trinajstić information content (AvgIpc) is 2.60. The monoisotopic (exact) mass is 240 g/mol. The molecular formula is C10H13ClN4O. The highest BCUT2D eigenvalue weighted by Gasteiger charge is 2.20. The summed E-state index contributed by atoms with van der Waals surface area (Å²) in [5, 5.41) is 6.32. The molecule has 1 unspecified atom stereocenters. The van der Waals surface area contributed by atoms with Crippen LogP contribution in [0.4, 0.5) is 11.5 Å². The summed E-state index contributed by atoms with van der Waals surface area (Å²) in [6.45, 7) is 0.637. The Kier molecular flexibility index (Phi) is 3.14. The van der Waals surface area contributed by atoms with E-state index in [2.05, 4.69) is 15.6 Å². The molecule has 1 aromatic heterocycles. The van der Waals surface area contributed by atoms with E-state index < -0.39 is 0 Å². The van der Waals surface area contributed by atoms with Crippen molar-refractivity contribution in [1.82, 2.24) is 10.3 Å². The van der Waals surface area contributed by atoms with Crippen molar-refractivity contribution < 1.29 is 4.79 Å². The predicted octanol–water partition coefficient (Wildman–Crippen LogP) is 1.01. The Morgan fingerprint density at radius 2 is 2.44 bits per heavy atom. The van der Waals surface area contributed by atoms with Crippen LogP contribution in [-0.4, -0.2) is 23.5 Å². The normalized spacial score (nSPS) is 19.6. The molecule has 0 aromatic carbocycles. The number of nitrogens with zero attached hydrogens (tertiary/aromatic N) is 1. The molecule has 2 rings (SSSR count). The topological polar surface area (TPSA) is 80.0 Å². The van der Waals surface area contributed by atoms with E-state index in [4.69, 9.17) is 17.3 Å². The molecule has 1 fully saturated rings. The minimum absolute atomic E-state index is 0.102. The Balaban J connectivity index is 1.91. The van der Waals surface area contributed by atoms with Gasteiger partial charge in [0.1, 0.15) is 11.0 Å². The van der Waals surface area contributed by atoms with Crippen LogP contribution in [0.1, 0.15) is 12.8 Å². The molecule has 0 bridgehead atoms. The third kappa shape index (κ3) is 2.76. The Bertz CT molecular complexity index is 390. The summed E-state index contributed by atoms with van der Waals surface area (Å²) in [4.78, 5) is 15.1. The van der Waals surface area contributed by atoms with E-state index in [1.165, 1.54) is 0 Å². The van der Waals surface area contributed by atoms with E-state index >= 15 is 0 Å². The first-order valence-electron chi connectivity index (χ1n) is 5.10. The quantitative estimate of drug-likeness (QED) is 0.689. The van der Waals surface area contributed by atoms with Crippen LogP contribution in [0.2, 0.25) is 5.15 Å². The van der Waals surface area contributed by atoms with Gasteiger partial charge in [0.25, 0.3) is 0 Å². The van der Waals surface area contributed by atoms with E-state index in [-0.39, 0.29) is 11.9 Å². The van der Waals surface area contributed by atoms with Crippen molar-refractivity contribution in [3.8, 4) is 0 Å². The number of nitrogen functional groups attached to an aromatic ring is 1. The highest BCUT2D eigenvalue weighted by molar-refractivity contribution is 6.29. The summed E-state index contributed by atoms with van der Waals surface area (Å²) in [7, 11) is 0. The Morgan fingerprint density at radius 1 is 1.62 bits per heavy atom. The lowest BCUT2D eigenvalue weighted by Crippen LogP contribution is -2.32. The Morgan fingerprint density at radius 3 is 3.06 bits per heavy atom. The van der Waals surface area contributed by atoms with Gasteiger partial charge < -0.3 is 16.4 Å². The maximum absolute atomic E-state index is 11.0. The average molecular weight is 241 g/mol. The fourth-order valence-electron chi connectivity index (χ4n) is 1.67. The molecule has 1 atom stereocenters. The standard InChI is InChI=1S/C10H13ClN4O/c11-8-3-6(12)4-9(15-8)13-5-7-1-2-10(16)14-7/h3-4,7H,1-2,5H2,(H,14,16)(H3,12,13,15). The first-order chi connectivity index (χ1) is 7.63. The van der Waals surface area contributed by atoms with Crippen LogP contribution in [0.5, 0.6) is 0 Å². The van der Waals surface area contributed by atoms with Gasteiger partial charge in [0.2, 0.25) is 5.91 Å². The molecule has 16 heavy (non-hydrogen) atoms. The number of nitrogens with two attached hydrogens (primary N) is 1. The molecule has 1 aliphatic rings. The van der Waals surface area contributed by atoms with Gasteiger partial charge in [0.05, 0.1) is 0 Å². The number of rotatable bonds is 3. The van der Waals surface area contributed by atoms with Crippen LogP contribution in [0.15, 0.2) is 12.1 Å². The summed E-state index contributed by atoms with van der Waals surface area (Å²) < 4.78 is 0. The second-order valence-corrected chi connectivity index (χ2v) is 4.18. The smallest absolute Gasteiger partial charge is 0.220 e. The molecule has 86 valence electrons. The lowest BCUT2D eigenvalue weighted by molar-refractivity contribution is -0.119. The van der Waals surface area contributed by atoms with Crippen molar-refractivity contribution in [1.29, 1.82) is 0 Å². The van der Waals surface area contributed by atoms with Gasteiger partial charge in [-0.05, 0) is 12.5 Å². The largest absolute Gasteiger partial charge is 0.399 e. The second kappa shape index (κ2) is 4.57. The van der Waals surface area contributed by atoms with Gasteiger partial charge in [-0.3, -0.25) is 4.79 Å². The van der Waals surface area contributed by atoms with E-state index in [0.29, 0.717) is 29.6 Å². The van der Waals surface area contributed by atoms with Crippen molar-refractivity contribution in [2.24, 2.45) is 0 Å². The fourth-order valence-corrected chi connectivity index (χ4v) is 1.88. The number of carbonyl (C=O) groups excluding carboxylic acids is 1. The van der Waals surface area contributed by atoms with Gasteiger partial charge in [-0.25, -0.2) is 4.98 Å². The van der Waals surface area contributed by atoms with E-state index in [1.54, 1.807) is 12.1 Å². The zero-order valence-electron chi connectivity index (χ0n) is 8.66.